The van der Waals surface area contributed by atoms with Crippen molar-refractivity contribution in [2.75, 3.05) is 12.3 Å². The molecule has 1 aromatic rings. The van der Waals surface area contributed by atoms with E-state index in [4.69, 9.17) is 0 Å². The fourth-order valence-corrected chi connectivity index (χ4v) is 3.28. The van der Waals surface area contributed by atoms with E-state index in [-0.39, 0.29) is 22.8 Å². The molecule has 1 fully saturated rings. The molecule has 1 aliphatic rings. The van der Waals surface area contributed by atoms with Crippen molar-refractivity contribution in [3.63, 3.8) is 0 Å². The third-order valence-electron chi connectivity index (χ3n) is 2.81. The second kappa shape index (κ2) is 5.41. The highest BCUT2D eigenvalue weighted by atomic mass is 32.2. The first-order valence-electron chi connectivity index (χ1n) is 6.33. The van der Waals surface area contributed by atoms with Gasteiger partial charge >= 0.3 is 6.03 Å². The first-order valence-corrected chi connectivity index (χ1v) is 7.38. The van der Waals surface area contributed by atoms with Gasteiger partial charge in [0, 0.05) is 23.4 Å². The van der Waals surface area contributed by atoms with E-state index in [0.717, 1.165) is 5.75 Å². The van der Waals surface area contributed by atoms with Crippen LogP contribution < -0.4 is 5.32 Å². The predicted octanol–water partition coefficient (Wildman–Crippen LogP) is 3.38. The number of rotatable bonds is 1. The summed E-state index contributed by atoms with van der Waals surface area (Å²) in [7, 11) is 0. The zero-order valence-corrected chi connectivity index (χ0v) is 12.3. The van der Waals surface area contributed by atoms with Crippen LogP contribution in [0.3, 0.4) is 0 Å². The maximum atomic E-state index is 13.8. The van der Waals surface area contributed by atoms with E-state index in [1.807, 2.05) is 20.8 Å². The molecule has 1 atom stereocenters. The molecule has 2 rings (SSSR count). The largest absolute Gasteiger partial charge is 0.333 e. The van der Waals surface area contributed by atoms with Crippen LogP contribution in [0.25, 0.3) is 0 Å². The van der Waals surface area contributed by atoms with Crippen molar-refractivity contribution in [1.82, 2.24) is 10.2 Å². The Labute approximate surface area is 117 Å². The van der Waals surface area contributed by atoms with Crippen molar-refractivity contribution in [2.24, 2.45) is 0 Å². The Morgan fingerprint density at radius 1 is 1.42 bits per heavy atom. The second-order valence-corrected chi connectivity index (χ2v) is 6.81. The highest BCUT2D eigenvalue weighted by molar-refractivity contribution is 7.99. The van der Waals surface area contributed by atoms with E-state index in [0.29, 0.717) is 12.1 Å². The third kappa shape index (κ3) is 3.41. The van der Waals surface area contributed by atoms with Crippen LogP contribution in [0.5, 0.6) is 0 Å². The van der Waals surface area contributed by atoms with Crippen LogP contribution >= 0.6 is 11.8 Å². The zero-order valence-electron chi connectivity index (χ0n) is 11.4. The van der Waals surface area contributed by atoms with E-state index in [1.165, 1.54) is 6.07 Å². The van der Waals surface area contributed by atoms with Gasteiger partial charge in [-0.15, -0.1) is 11.8 Å². The minimum atomic E-state index is -0.288. The molecular weight excluding hydrogens is 263 g/mol. The maximum Gasteiger partial charge on any atom is 0.319 e. The topological polar surface area (TPSA) is 32.3 Å². The van der Waals surface area contributed by atoms with Crippen LogP contribution in [0, 0.1) is 5.82 Å². The van der Waals surface area contributed by atoms with Crippen LogP contribution in [0.2, 0.25) is 0 Å². The molecule has 0 spiro atoms. The van der Waals surface area contributed by atoms with Crippen molar-refractivity contribution in [3.05, 3.63) is 35.6 Å². The molecule has 2 amide bonds. The van der Waals surface area contributed by atoms with Crippen molar-refractivity contribution >= 4 is 17.8 Å². The average Bonchev–Trinajstić information content (AvgIpc) is 2.76. The predicted molar refractivity (Wildman–Crippen MR) is 76.6 cm³/mol. The molecule has 0 saturated carbocycles. The molecule has 5 heteroatoms. The molecular formula is C14H19FN2OS. The highest BCUT2D eigenvalue weighted by Gasteiger charge is 2.33. The van der Waals surface area contributed by atoms with E-state index in [2.05, 4.69) is 5.32 Å². The Morgan fingerprint density at radius 2 is 2.11 bits per heavy atom. The first-order chi connectivity index (χ1) is 8.88. The summed E-state index contributed by atoms with van der Waals surface area (Å²) in [6, 6.07) is 6.52. The van der Waals surface area contributed by atoms with E-state index in [9.17, 15) is 9.18 Å². The minimum absolute atomic E-state index is 0.134. The summed E-state index contributed by atoms with van der Waals surface area (Å²) < 4.78 is 13.8. The summed E-state index contributed by atoms with van der Waals surface area (Å²) in [5, 5.41) is 2.70. The smallest absolute Gasteiger partial charge is 0.319 e. The van der Waals surface area contributed by atoms with Gasteiger partial charge in [-0.25, -0.2) is 9.18 Å². The average molecular weight is 282 g/mol. The lowest BCUT2D eigenvalue weighted by Gasteiger charge is -2.29. The Kier molecular flexibility index (Phi) is 4.04. The Balaban J connectivity index is 2.18. The van der Waals surface area contributed by atoms with Gasteiger partial charge in [-0.3, -0.25) is 0 Å². The molecule has 1 aliphatic heterocycles. The van der Waals surface area contributed by atoms with Gasteiger partial charge in [0.1, 0.15) is 11.2 Å². The lowest BCUT2D eigenvalue weighted by Crippen LogP contribution is -2.48. The number of nitrogens with one attached hydrogen (secondary N) is 1. The number of halogens is 1. The molecule has 1 heterocycles. The highest BCUT2D eigenvalue weighted by Crippen LogP contribution is 2.38. The van der Waals surface area contributed by atoms with Gasteiger partial charge in [0.25, 0.3) is 0 Å². The van der Waals surface area contributed by atoms with Crippen LogP contribution in [0.4, 0.5) is 9.18 Å². The molecule has 0 aliphatic carbocycles. The van der Waals surface area contributed by atoms with Crippen molar-refractivity contribution in [1.29, 1.82) is 0 Å². The summed E-state index contributed by atoms with van der Waals surface area (Å²) in [4.78, 5) is 13.9. The van der Waals surface area contributed by atoms with E-state index in [1.54, 1.807) is 34.9 Å². The molecule has 0 radical (unpaired) electrons. The van der Waals surface area contributed by atoms with Gasteiger partial charge < -0.3 is 10.2 Å². The zero-order chi connectivity index (χ0) is 14.0. The normalized spacial score (nSPS) is 19.6. The number of amides is 2. The summed E-state index contributed by atoms with van der Waals surface area (Å²) in [6.45, 7) is 6.45. The first kappa shape index (κ1) is 14.2. The quantitative estimate of drug-likeness (QED) is 0.856. The molecule has 1 N–H and O–H groups in total. The number of nitrogens with zero attached hydrogens (tertiary/aromatic N) is 1. The van der Waals surface area contributed by atoms with Gasteiger partial charge in [0.05, 0.1) is 0 Å². The number of urea groups is 1. The SMILES string of the molecule is CC(C)(C)NC(=O)N1CCSC1c1ccccc1F. The Morgan fingerprint density at radius 3 is 2.74 bits per heavy atom. The van der Waals surface area contributed by atoms with E-state index >= 15 is 0 Å². The van der Waals surface area contributed by atoms with Crippen LogP contribution in [0.1, 0.15) is 31.7 Å². The Hall–Kier alpha value is -1.23. The minimum Gasteiger partial charge on any atom is -0.333 e. The second-order valence-electron chi connectivity index (χ2n) is 5.62. The fraction of sp³-hybridized carbons (Fsp3) is 0.500. The standard InChI is InChI=1S/C14H19FN2OS/c1-14(2,3)16-13(18)17-8-9-19-12(17)10-6-4-5-7-11(10)15/h4-7,12H,8-9H2,1-3H3,(H,16,18). The molecule has 3 nitrogen and oxygen atoms in total. The van der Waals surface area contributed by atoms with Crippen LogP contribution in [-0.4, -0.2) is 28.8 Å². The van der Waals surface area contributed by atoms with Gasteiger partial charge in [-0.2, -0.15) is 0 Å². The fourth-order valence-electron chi connectivity index (χ4n) is 2.00. The molecule has 0 aromatic heterocycles. The third-order valence-corrected chi connectivity index (χ3v) is 4.05. The lowest BCUT2D eigenvalue weighted by molar-refractivity contribution is 0.190. The maximum absolute atomic E-state index is 13.8. The monoisotopic (exact) mass is 282 g/mol. The summed E-state index contributed by atoms with van der Waals surface area (Å²) in [5.74, 6) is 0.576. The van der Waals surface area contributed by atoms with E-state index < -0.39 is 0 Å². The number of thioether (sulfide) groups is 1. The number of carbonyl (C=O) groups excluding carboxylic acids is 1. The van der Waals surface area contributed by atoms with Crippen LogP contribution in [0.15, 0.2) is 24.3 Å². The van der Waals surface area contributed by atoms with Gasteiger partial charge in [-0.05, 0) is 26.8 Å². The summed E-state index contributed by atoms with van der Waals surface area (Å²) in [5.41, 5.74) is 0.290. The summed E-state index contributed by atoms with van der Waals surface area (Å²) >= 11 is 1.60. The van der Waals surface area contributed by atoms with Crippen molar-refractivity contribution < 1.29 is 9.18 Å². The molecule has 19 heavy (non-hydrogen) atoms. The molecule has 104 valence electrons. The molecule has 1 unspecified atom stereocenters. The molecule has 0 bridgehead atoms. The Bertz CT molecular complexity index is 473. The van der Waals surface area contributed by atoms with Crippen LogP contribution in [-0.2, 0) is 0 Å². The number of carbonyl (C=O) groups is 1. The number of hydrogen-bond donors (Lipinski definition) is 1. The number of benzene rings is 1. The lowest BCUT2D eigenvalue weighted by atomic mass is 10.1. The summed E-state index contributed by atoms with van der Waals surface area (Å²) in [6.07, 6.45) is 0. The van der Waals surface area contributed by atoms with Crippen molar-refractivity contribution in [3.8, 4) is 0 Å². The number of hydrogen-bond acceptors (Lipinski definition) is 2. The molecule has 1 aromatic carbocycles. The van der Waals surface area contributed by atoms with Gasteiger partial charge in [0.2, 0.25) is 0 Å². The van der Waals surface area contributed by atoms with Crippen molar-refractivity contribution in [2.45, 2.75) is 31.7 Å². The molecule has 1 saturated heterocycles. The van der Waals surface area contributed by atoms with Gasteiger partial charge in [-0.1, -0.05) is 18.2 Å². The van der Waals surface area contributed by atoms with Gasteiger partial charge in [0.15, 0.2) is 0 Å².